The lowest BCUT2D eigenvalue weighted by atomic mass is 9.99. The second-order valence-electron chi connectivity index (χ2n) is 7.12. The number of carboxylic acid groups (broad SMARTS) is 1. The SMILES string of the molecule is O=C(Nc1c2c(cc3c1CCC3)CCC2)N[C@H](Cc1cnccn1)C(=O)O. The number of carboxylic acids is 1. The highest BCUT2D eigenvalue weighted by atomic mass is 16.4. The van der Waals surface area contributed by atoms with Crippen LogP contribution in [0, 0.1) is 0 Å². The fourth-order valence-electron chi connectivity index (χ4n) is 4.12. The van der Waals surface area contributed by atoms with Crippen molar-refractivity contribution in [2.75, 3.05) is 5.32 Å². The molecule has 1 aromatic carbocycles. The first-order valence-corrected chi connectivity index (χ1v) is 9.33. The number of nitrogens with zero attached hydrogens (tertiary/aromatic N) is 2. The Hall–Kier alpha value is -2.96. The quantitative estimate of drug-likeness (QED) is 0.753. The lowest BCUT2D eigenvalue weighted by molar-refractivity contribution is -0.139. The van der Waals surface area contributed by atoms with Crippen LogP contribution in [-0.2, 0) is 36.9 Å². The molecule has 3 N–H and O–H groups in total. The van der Waals surface area contributed by atoms with Crippen molar-refractivity contribution < 1.29 is 14.7 Å². The number of hydrogen-bond donors (Lipinski definition) is 3. The first-order valence-electron chi connectivity index (χ1n) is 9.33. The molecule has 7 nitrogen and oxygen atoms in total. The van der Waals surface area contributed by atoms with Gasteiger partial charge in [-0.25, -0.2) is 9.59 Å². The van der Waals surface area contributed by atoms with Gasteiger partial charge in [0.15, 0.2) is 0 Å². The number of anilines is 1. The molecule has 1 atom stereocenters. The standard InChI is InChI=1S/C20H22N4O3/c25-19(26)17(10-14-11-21-7-8-22-14)23-20(27)24-18-15-5-1-3-12(15)9-13-4-2-6-16(13)18/h7-9,11,17H,1-6,10H2,(H,25,26)(H2,23,24,27)/t17-/m1/s1. The number of amides is 2. The maximum absolute atomic E-state index is 12.6. The summed E-state index contributed by atoms with van der Waals surface area (Å²) in [4.78, 5) is 32.2. The number of carbonyl (C=O) groups is 2. The van der Waals surface area contributed by atoms with Crippen molar-refractivity contribution in [2.45, 2.75) is 51.0 Å². The molecule has 0 saturated carbocycles. The first kappa shape index (κ1) is 17.5. The molecule has 7 heteroatoms. The summed E-state index contributed by atoms with van der Waals surface area (Å²) in [6.07, 6.45) is 10.8. The minimum Gasteiger partial charge on any atom is -0.480 e. The fraction of sp³-hybridized carbons (Fsp3) is 0.400. The van der Waals surface area contributed by atoms with E-state index in [1.54, 1.807) is 0 Å². The van der Waals surface area contributed by atoms with Crippen LogP contribution in [0.4, 0.5) is 10.5 Å². The summed E-state index contributed by atoms with van der Waals surface area (Å²) in [6.45, 7) is 0. The number of aromatic nitrogens is 2. The third kappa shape index (κ3) is 3.63. The van der Waals surface area contributed by atoms with Gasteiger partial charge in [0.05, 0.1) is 5.69 Å². The lowest BCUT2D eigenvalue weighted by Gasteiger charge is -2.19. The Bertz CT molecular complexity index is 850. The van der Waals surface area contributed by atoms with Crippen molar-refractivity contribution in [3.05, 3.63) is 52.6 Å². The van der Waals surface area contributed by atoms with E-state index in [1.165, 1.54) is 40.8 Å². The molecule has 2 aliphatic rings. The minimum atomic E-state index is -1.10. The fourth-order valence-corrected chi connectivity index (χ4v) is 4.12. The van der Waals surface area contributed by atoms with E-state index in [2.05, 4.69) is 26.7 Å². The Balaban J connectivity index is 1.52. The smallest absolute Gasteiger partial charge is 0.326 e. The normalized spacial score (nSPS) is 15.7. The predicted molar refractivity (Wildman–Crippen MR) is 99.8 cm³/mol. The number of carbonyl (C=O) groups excluding carboxylic acids is 1. The van der Waals surface area contributed by atoms with Gasteiger partial charge in [-0.2, -0.15) is 0 Å². The van der Waals surface area contributed by atoms with Gasteiger partial charge in [0.1, 0.15) is 6.04 Å². The van der Waals surface area contributed by atoms with E-state index in [0.29, 0.717) is 5.69 Å². The molecule has 2 aliphatic carbocycles. The summed E-state index contributed by atoms with van der Waals surface area (Å²) >= 11 is 0. The Morgan fingerprint density at radius 3 is 2.37 bits per heavy atom. The zero-order valence-corrected chi connectivity index (χ0v) is 15.0. The van der Waals surface area contributed by atoms with Crippen molar-refractivity contribution in [1.82, 2.24) is 15.3 Å². The van der Waals surface area contributed by atoms with Crippen molar-refractivity contribution in [3.63, 3.8) is 0 Å². The molecular formula is C20H22N4O3. The van der Waals surface area contributed by atoms with Crippen LogP contribution in [0.3, 0.4) is 0 Å². The van der Waals surface area contributed by atoms with Crippen molar-refractivity contribution >= 4 is 17.7 Å². The molecule has 0 bridgehead atoms. The zero-order valence-electron chi connectivity index (χ0n) is 15.0. The summed E-state index contributed by atoms with van der Waals surface area (Å²) < 4.78 is 0. The summed E-state index contributed by atoms with van der Waals surface area (Å²) in [6, 6.07) is 0.745. The van der Waals surface area contributed by atoms with Gasteiger partial charge in [-0.15, -0.1) is 0 Å². The average Bonchev–Trinajstić information content (AvgIpc) is 3.31. The van der Waals surface area contributed by atoms with Crippen molar-refractivity contribution in [1.29, 1.82) is 0 Å². The zero-order chi connectivity index (χ0) is 18.8. The summed E-state index contributed by atoms with van der Waals surface area (Å²) in [5.74, 6) is -1.10. The predicted octanol–water partition coefficient (Wildman–Crippen LogP) is 2.27. The number of nitrogens with one attached hydrogen (secondary N) is 2. The molecule has 0 spiro atoms. The molecule has 27 heavy (non-hydrogen) atoms. The molecule has 4 rings (SSSR count). The maximum Gasteiger partial charge on any atom is 0.326 e. The van der Waals surface area contributed by atoms with E-state index in [1.807, 2.05) is 0 Å². The van der Waals surface area contributed by atoms with Gasteiger partial charge in [-0.1, -0.05) is 6.07 Å². The molecular weight excluding hydrogens is 344 g/mol. The highest BCUT2D eigenvalue weighted by molar-refractivity contribution is 5.94. The van der Waals surface area contributed by atoms with E-state index in [-0.39, 0.29) is 6.42 Å². The Morgan fingerprint density at radius 1 is 1.07 bits per heavy atom. The second kappa shape index (κ2) is 7.34. The van der Waals surface area contributed by atoms with Crippen LogP contribution in [0.15, 0.2) is 24.7 Å². The molecule has 0 saturated heterocycles. The molecule has 0 radical (unpaired) electrons. The molecule has 0 unspecified atom stereocenters. The summed E-state index contributed by atoms with van der Waals surface area (Å²) in [5, 5.41) is 15.0. The Morgan fingerprint density at radius 2 is 1.78 bits per heavy atom. The van der Waals surface area contributed by atoms with Crippen LogP contribution in [0.25, 0.3) is 0 Å². The molecule has 2 aromatic rings. The Kier molecular flexibility index (Phi) is 4.75. The third-order valence-electron chi connectivity index (χ3n) is 5.34. The summed E-state index contributed by atoms with van der Waals surface area (Å²) in [7, 11) is 0. The van der Waals surface area contributed by atoms with Crippen LogP contribution in [0.1, 0.15) is 40.8 Å². The van der Waals surface area contributed by atoms with E-state index < -0.39 is 18.0 Å². The van der Waals surface area contributed by atoms with Gasteiger partial charge in [0.2, 0.25) is 0 Å². The highest BCUT2D eigenvalue weighted by Crippen LogP contribution is 2.38. The van der Waals surface area contributed by atoms with Gasteiger partial charge in [0.25, 0.3) is 0 Å². The molecule has 1 aromatic heterocycles. The molecule has 0 fully saturated rings. The van der Waals surface area contributed by atoms with Crippen LogP contribution in [0.5, 0.6) is 0 Å². The first-order chi connectivity index (χ1) is 13.1. The van der Waals surface area contributed by atoms with Crippen LogP contribution in [-0.4, -0.2) is 33.1 Å². The van der Waals surface area contributed by atoms with Crippen molar-refractivity contribution in [2.24, 2.45) is 0 Å². The van der Waals surface area contributed by atoms with Crippen LogP contribution >= 0.6 is 0 Å². The molecule has 2 amide bonds. The van der Waals surface area contributed by atoms with Crippen LogP contribution in [0.2, 0.25) is 0 Å². The van der Waals surface area contributed by atoms with Crippen LogP contribution < -0.4 is 10.6 Å². The summed E-state index contributed by atoms with van der Waals surface area (Å²) in [5.41, 5.74) is 6.49. The number of aliphatic carboxylic acids is 1. The monoisotopic (exact) mass is 366 g/mol. The second-order valence-corrected chi connectivity index (χ2v) is 7.12. The highest BCUT2D eigenvalue weighted by Gasteiger charge is 2.26. The van der Waals surface area contributed by atoms with Gasteiger partial charge in [-0.05, 0) is 60.8 Å². The van der Waals surface area contributed by atoms with E-state index in [4.69, 9.17) is 0 Å². The topological polar surface area (TPSA) is 104 Å². The number of hydrogen-bond acceptors (Lipinski definition) is 4. The number of fused-ring (bicyclic) bond motifs is 2. The number of urea groups is 1. The third-order valence-corrected chi connectivity index (χ3v) is 5.34. The van der Waals surface area contributed by atoms with E-state index in [0.717, 1.165) is 44.2 Å². The average molecular weight is 366 g/mol. The van der Waals surface area contributed by atoms with E-state index >= 15 is 0 Å². The molecule has 140 valence electrons. The lowest BCUT2D eigenvalue weighted by Crippen LogP contribution is -2.44. The maximum atomic E-state index is 12.6. The van der Waals surface area contributed by atoms with Crippen molar-refractivity contribution in [3.8, 4) is 0 Å². The minimum absolute atomic E-state index is 0.0849. The van der Waals surface area contributed by atoms with E-state index in [9.17, 15) is 14.7 Å². The Labute approximate surface area is 157 Å². The molecule has 1 heterocycles. The van der Waals surface area contributed by atoms with Gasteiger partial charge in [-0.3, -0.25) is 9.97 Å². The molecule has 0 aliphatic heterocycles. The number of rotatable bonds is 5. The number of aryl methyl sites for hydroxylation is 2. The van der Waals surface area contributed by atoms with Gasteiger partial charge < -0.3 is 15.7 Å². The largest absolute Gasteiger partial charge is 0.480 e. The number of benzene rings is 1. The van der Waals surface area contributed by atoms with Gasteiger partial charge in [0, 0.05) is 30.7 Å². The van der Waals surface area contributed by atoms with Gasteiger partial charge >= 0.3 is 12.0 Å².